The number of para-hydroxylation sites is 1. The summed E-state index contributed by atoms with van der Waals surface area (Å²) < 4.78 is 7.00. The summed E-state index contributed by atoms with van der Waals surface area (Å²) in [6, 6.07) is 10.9. The molecule has 4 aromatic rings. The lowest BCUT2D eigenvalue weighted by Crippen LogP contribution is -2.25. The van der Waals surface area contributed by atoms with Crippen molar-refractivity contribution < 1.29 is 4.42 Å². The fourth-order valence-corrected chi connectivity index (χ4v) is 3.25. The number of anilines is 1. The van der Waals surface area contributed by atoms with E-state index in [-0.39, 0.29) is 11.5 Å². The molecule has 0 unspecified atom stereocenters. The number of hydrogen-bond acceptors (Lipinski definition) is 7. The molecule has 25 heavy (non-hydrogen) atoms. The Balaban J connectivity index is 1.75. The van der Waals surface area contributed by atoms with Crippen LogP contribution in [0, 0.1) is 0 Å². The number of nitrogens with two attached hydrogens (primary N) is 1. The van der Waals surface area contributed by atoms with Crippen LogP contribution in [0.15, 0.2) is 57.0 Å². The second kappa shape index (κ2) is 6.44. The summed E-state index contributed by atoms with van der Waals surface area (Å²) in [6.45, 7) is 0.315. The van der Waals surface area contributed by atoms with E-state index < -0.39 is 0 Å². The lowest BCUT2D eigenvalue weighted by molar-refractivity contribution is 0.485. The Morgan fingerprint density at radius 2 is 2.08 bits per heavy atom. The zero-order valence-electron chi connectivity index (χ0n) is 13.0. The first-order valence-corrected chi connectivity index (χ1v) is 8.51. The second-order valence-electron chi connectivity index (χ2n) is 5.31. The van der Waals surface area contributed by atoms with Crippen molar-refractivity contribution in [2.45, 2.75) is 17.5 Å². The number of hydrogen-bond donors (Lipinski definition) is 2. The first kappa shape index (κ1) is 15.5. The van der Waals surface area contributed by atoms with Crippen molar-refractivity contribution in [1.29, 1.82) is 0 Å². The zero-order chi connectivity index (χ0) is 17.2. The number of fused-ring (bicyclic) bond motifs is 1. The Morgan fingerprint density at radius 3 is 2.84 bits per heavy atom. The van der Waals surface area contributed by atoms with Crippen molar-refractivity contribution in [3.63, 3.8) is 0 Å². The smallest absolute Gasteiger partial charge is 0.261 e. The predicted octanol–water partition coefficient (Wildman–Crippen LogP) is 2.03. The molecule has 0 fully saturated rings. The van der Waals surface area contributed by atoms with Crippen molar-refractivity contribution >= 4 is 28.6 Å². The van der Waals surface area contributed by atoms with E-state index in [4.69, 9.17) is 10.2 Å². The maximum Gasteiger partial charge on any atom is 0.261 e. The van der Waals surface area contributed by atoms with E-state index in [1.54, 1.807) is 23.0 Å². The van der Waals surface area contributed by atoms with Crippen LogP contribution >= 0.6 is 11.8 Å². The lowest BCUT2D eigenvalue weighted by Gasteiger charge is -2.11. The van der Waals surface area contributed by atoms with Gasteiger partial charge in [0.1, 0.15) is 11.6 Å². The molecule has 3 heterocycles. The number of aromatic nitrogens is 5. The number of furan rings is 1. The summed E-state index contributed by atoms with van der Waals surface area (Å²) in [5.41, 5.74) is 6.10. The van der Waals surface area contributed by atoms with Crippen LogP contribution in [0.4, 0.5) is 5.95 Å². The Labute approximate surface area is 146 Å². The van der Waals surface area contributed by atoms with Gasteiger partial charge in [-0.3, -0.25) is 9.36 Å². The molecule has 0 radical (unpaired) electrons. The van der Waals surface area contributed by atoms with E-state index >= 15 is 0 Å². The minimum Gasteiger partial charge on any atom is -0.467 e. The van der Waals surface area contributed by atoms with E-state index in [0.29, 0.717) is 39.9 Å². The van der Waals surface area contributed by atoms with Crippen molar-refractivity contribution in [2.75, 3.05) is 5.73 Å². The number of H-pyrrole nitrogens is 1. The fourth-order valence-electron chi connectivity index (χ4n) is 2.50. The van der Waals surface area contributed by atoms with Crippen LogP contribution in [0.5, 0.6) is 0 Å². The van der Waals surface area contributed by atoms with Gasteiger partial charge in [-0.2, -0.15) is 4.98 Å². The molecule has 9 heteroatoms. The van der Waals surface area contributed by atoms with Gasteiger partial charge in [0.05, 0.1) is 29.5 Å². The molecule has 0 saturated carbocycles. The minimum absolute atomic E-state index is 0.105. The number of nitrogens with one attached hydrogen (secondary N) is 1. The highest BCUT2D eigenvalue weighted by atomic mass is 32.2. The molecule has 4 rings (SSSR count). The Morgan fingerprint density at radius 1 is 1.20 bits per heavy atom. The molecule has 0 spiro atoms. The number of nitrogen functional groups attached to an aromatic ring is 1. The first-order chi connectivity index (χ1) is 12.2. The van der Waals surface area contributed by atoms with Crippen molar-refractivity contribution in [2.24, 2.45) is 0 Å². The molecule has 126 valence electrons. The van der Waals surface area contributed by atoms with Crippen molar-refractivity contribution in [1.82, 2.24) is 24.7 Å². The summed E-state index contributed by atoms with van der Waals surface area (Å²) in [5, 5.41) is 7.66. The highest BCUT2D eigenvalue weighted by molar-refractivity contribution is 7.98. The number of aromatic amines is 1. The fraction of sp³-hybridized carbons (Fsp3) is 0.125. The summed E-state index contributed by atoms with van der Waals surface area (Å²) in [4.78, 5) is 21.6. The zero-order valence-corrected chi connectivity index (χ0v) is 13.9. The number of nitrogens with zero attached hydrogens (tertiary/aromatic N) is 4. The van der Waals surface area contributed by atoms with Gasteiger partial charge in [-0.25, -0.2) is 10.1 Å². The van der Waals surface area contributed by atoms with Crippen LogP contribution in [0.1, 0.15) is 11.6 Å². The standard InChI is InChI=1S/C16H14N6O2S/c17-15-19-16(21-20-15)25-9-13-18-12-6-2-1-5-11(12)14(23)22(13)8-10-4-3-7-24-10/h1-7H,8-9H2,(H3,17,19,20,21). The molecule has 0 aliphatic heterocycles. The van der Waals surface area contributed by atoms with Gasteiger partial charge in [-0.05, 0) is 24.3 Å². The van der Waals surface area contributed by atoms with Crippen molar-refractivity contribution in [3.8, 4) is 0 Å². The first-order valence-electron chi connectivity index (χ1n) is 7.52. The van der Waals surface area contributed by atoms with Crippen LogP contribution < -0.4 is 11.3 Å². The Hall–Kier alpha value is -3.07. The molecule has 0 amide bonds. The van der Waals surface area contributed by atoms with Crippen LogP contribution in [0.2, 0.25) is 0 Å². The van der Waals surface area contributed by atoms with Gasteiger partial charge in [0, 0.05) is 0 Å². The lowest BCUT2D eigenvalue weighted by atomic mass is 10.2. The van der Waals surface area contributed by atoms with Crippen LogP contribution in [-0.4, -0.2) is 24.7 Å². The SMILES string of the molecule is Nc1nc(SCc2nc3ccccc3c(=O)n2Cc2ccco2)n[nH]1. The topological polar surface area (TPSA) is 116 Å². The van der Waals surface area contributed by atoms with Gasteiger partial charge < -0.3 is 10.2 Å². The molecule has 1 aromatic carbocycles. The monoisotopic (exact) mass is 354 g/mol. The van der Waals surface area contributed by atoms with E-state index in [0.717, 1.165) is 0 Å². The van der Waals surface area contributed by atoms with Crippen LogP contribution in [-0.2, 0) is 12.3 Å². The third-order valence-electron chi connectivity index (χ3n) is 3.65. The molecule has 3 aromatic heterocycles. The van der Waals surface area contributed by atoms with Gasteiger partial charge in [-0.15, -0.1) is 5.10 Å². The quantitative estimate of drug-likeness (QED) is 0.527. The molecule has 0 bridgehead atoms. The van der Waals surface area contributed by atoms with Gasteiger partial charge in [0.25, 0.3) is 5.56 Å². The molecule has 8 nitrogen and oxygen atoms in total. The predicted molar refractivity (Wildman–Crippen MR) is 94.2 cm³/mol. The van der Waals surface area contributed by atoms with Gasteiger partial charge in [-0.1, -0.05) is 23.9 Å². The second-order valence-corrected chi connectivity index (χ2v) is 6.25. The number of benzene rings is 1. The average Bonchev–Trinajstić information content (AvgIpc) is 3.27. The van der Waals surface area contributed by atoms with Gasteiger partial charge in [0.15, 0.2) is 0 Å². The highest BCUT2D eigenvalue weighted by Gasteiger charge is 2.13. The molecule has 0 saturated heterocycles. The normalized spacial score (nSPS) is 11.2. The summed E-state index contributed by atoms with van der Waals surface area (Å²) >= 11 is 1.35. The third kappa shape index (κ3) is 3.13. The molecular formula is C16H14N6O2S. The summed E-state index contributed by atoms with van der Waals surface area (Å²) in [5.74, 6) is 1.99. The number of thioether (sulfide) groups is 1. The van der Waals surface area contributed by atoms with E-state index in [9.17, 15) is 4.79 Å². The molecule has 0 aliphatic carbocycles. The molecular weight excluding hydrogens is 340 g/mol. The van der Waals surface area contributed by atoms with E-state index in [2.05, 4.69) is 20.2 Å². The maximum absolute atomic E-state index is 12.9. The van der Waals surface area contributed by atoms with Crippen LogP contribution in [0.25, 0.3) is 10.9 Å². The van der Waals surface area contributed by atoms with E-state index in [1.165, 1.54) is 11.8 Å². The minimum atomic E-state index is -0.105. The maximum atomic E-state index is 12.9. The van der Waals surface area contributed by atoms with Crippen molar-refractivity contribution in [3.05, 3.63) is 64.6 Å². The molecule has 3 N–H and O–H groups in total. The number of rotatable bonds is 5. The summed E-state index contributed by atoms with van der Waals surface area (Å²) in [7, 11) is 0. The third-order valence-corrected chi connectivity index (χ3v) is 4.49. The van der Waals surface area contributed by atoms with Gasteiger partial charge in [0.2, 0.25) is 11.1 Å². The average molecular weight is 354 g/mol. The largest absolute Gasteiger partial charge is 0.467 e. The molecule has 0 atom stereocenters. The molecule has 0 aliphatic rings. The van der Waals surface area contributed by atoms with Crippen LogP contribution in [0.3, 0.4) is 0 Å². The Bertz CT molecular complexity index is 1070. The Kier molecular flexibility index (Phi) is 3.98. The summed E-state index contributed by atoms with van der Waals surface area (Å²) in [6.07, 6.45) is 1.58. The highest BCUT2D eigenvalue weighted by Crippen LogP contribution is 2.20. The van der Waals surface area contributed by atoms with Gasteiger partial charge >= 0.3 is 0 Å². The van der Waals surface area contributed by atoms with E-state index in [1.807, 2.05) is 24.3 Å².